The number of methoxy groups -OCH3 is 1. The molecule has 0 atom stereocenters. The van der Waals surface area contributed by atoms with Crippen LogP contribution in [0.5, 0.6) is 5.75 Å². The Morgan fingerprint density at radius 1 is 0.929 bits per heavy atom. The highest BCUT2D eigenvalue weighted by Crippen LogP contribution is 2.32. The first-order valence-corrected chi connectivity index (χ1v) is 9.99. The summed E-state index contributed by atoms with van der Waals surface area (Å²) in [5.41, 5.74) is 2.78. The monoisotopic (exact) mass is 388 g/mol. The Morgan fingerprint density at radius 3 is 2.29 bits per heavy atom. The van der Waals surface area contributed by atoms with E-state index in [9.17, 15) is 8.42 Å². The lowest BCUT2D eigenvalue weighted by molar-refractivity contribution is 0.414. The first kappa shape index (κ1) is 17.8. The van der Waals surface area contributed by atoms with Crippen LogP contribution in [0.15, 0.2) is 83.9 Å². The number of hydrogen-bond acceptors (Lipinski definition) is 4. The molecule has 0 radical (unpaired) electrons. The van der Waals surface area contributed by atoms with Gasteiger partial charge in [0.25, 0.3) is 10.0 Å². The number of nitriles is 1. The number of rotatable bonds is 4. The van der Waals surface area contributed by atoms with E-state index in [0.717, 1.165) is 16.5 Å². The molecule has 0 amide bonds. The summed E-state index contributed by atoms with van der Waals surface area (Å²) < 4.78 is 33.0. The fourth-order valence-corrected chi connectivity index (χ4v) is 4.56. The van der Waals surface area contributed by atoms with Gasteiger partial charge in [0.05, 0.1) is 29.2 Å². The predicted octanol–water partition coefficient (Wildman–Crippen LogP) is 4.43. The Labute approximate surface area is 163 Å². The Kier molecular flexibility index (Phi) is 4.38. The third kappa shape index (κ3) is 2.92. The van der Waals surface area contributed by atoms with Crippen molar-refractivity contribution < 1.29 is 13.2 Å². The molecule has 0 saturated heterocycles. The minimum Gasteiger partial charge on any atom is -0.497 e. The molecule has 4 rings (SSSR count). The van der Waals surface area contributed by atoms with Crippen molar-refractivity contribution in [3.05, 3.63) is 84.6 Å². The largest absolute Gasteiger partial charge is 0.497 e. The van der Waals surface area contributed by atoms with Crippen LogP contribution in [-0.4, -0.2) is 19.5 Å². The van der Waals surface area contributed by atoms with Crippen LogP contribution in [0.4, 0.5) is 0 Å². The van der Waals surface area contributed by atoms with Crippen molar-refractivity contribution >= 4 is 20.9 Å². The Morgan fingerprint density at radius 2 is 1.64 bits per heavy atom. The van der Waals surface area contributed by atoms with Gasteiger partial charge in [-0.1, -0.05) is 30.3 Å². The zero-order chi connectivity index (χ0) is 19.7. The van der Waals surface area contributed by atoms with Crippen molar-refractivity contribution in [2.45, 2.75) is 4.90 Å². The minimum absolute atomic E-state index is 0.181. The van der Waals surface area contributed by atoms with Gasteiger partial charge < -0.3 is 4.74 Å². The van der Waals surface area contributed by atoms with Gasteiger partial charge in [0, 0.05) is 17.1 Å². The number of para-hydroxylation sites is 1. The van der Waals surface area contributed by atoms with Gasteiger partial charge in [-0.3, -0.25) is 0 Å². The van der Waals surface area contributed by atoms with Crippen molar-refractivity contribution in [2.75, 3.05) is 7.11 Å². The van der Waals surface area contributed by atoms with E-state index in [1.54, 1.807) is 36.5 Å². The molecule has 5 nitrogen and oxygen atoms in total. The minimum atomic E-state index is -3.78. The highest BCUT2D eigenvalue weighted by molar-refractivity contribution is 7.90. The van der Waals surface area contributed by atoms with Crippen molar-refractivity contribution in [1.29, 1.82) is 5.26 Å². The number of fused-ring (bicyclic) bond motifs is 1. The molecule has 6 heteroatoms. The van der Waals surface area contributed by atoms with Crippen LogP contribution in [0.25, 0.3) is 22.0 Å². The molecule has 0 aliphatic heterocycles. The van der Waals surface area contributed by atoms with Crippen LogP contribution in [0, 0.1) is 11.3 Å². The summed E-state index contributed by atoms with van der Waals surface area (Å²) >= 11 is 0. The van der Waals surface area contributed by atoms with Gasteiger partial charge in [-0.05, 0) is 48.0 Å². The molecule has 0 aliphatic rings. The van der Waals surface area contributed by atoms with Gasteiger partial charge in [0.2, 0.25) is 0 Å². The third-order valence-corrected chi connectivity index (χ3v) is 6.31. The molecule has 138 valence electrons. The van der Waals surface area contributed by atoms with Gasteiger partial charge >= 0.3 is 0 Å². The van der Waals surface area contributed by atoms with Crippen LogP contribution < -0.4 is 4.74 Å². The van der Waals surface area contributed by atoms with Crippen LogP contribution in [-0.2, 0) is 10.0 Å². The molecule has 1 aromatic heterocycles. The molecule has 0 spiro atoms. The molecule has 0 unspecified atom stereocenters. The van der Waals surface area contributed by atoms with Gasteiger partial charge in [-0.15, -0.1) is 0 Å². The summed E-state index contributed by atoms with van der Waals surface area (Å²) in [7, 11) is -2.25. The molecule has 28 heavy (non-hydrogen) atoms. The Balaban J connectivity index is 1.91. The highest BCUT2D eigenvalue weighted by Gasteiger charge is 2.21. The fourth-order valence-electron chi connectivity index (χ4n) is 3.18. The first-order chi connectivity index (χ1) is 13.5. The zero-order valence-electron chi connectivity index (χ0n) is 15.0. The normalized spacial score (nSPS) is 11.3. The maximum atomic E-state index is 13.3. The Bertz CT molecular complexity index is 1300. The van der Waals surface area contributed by atoms with Gasteiger partial charge in [-0.2, -0.15) is 5.26 Å². The second-order valence-electron chi connectivity index (χ2n) is 6.22. The quantitative estimate of drug-likeness (QED) is 0.519. The lowest BCUT2D eigenvalue weighted by atomic mass is 10.0. The SMILES string of the molecule is COc1ccc(S(=O)(=O)n2ccc3cccc(-c4ccc(C#N)cc4)c32)cc1. The number of ether oxygens (including phenoxy) is 1. The van der Waals surface area contributed by atoms with E-state index in [1.807, 2.05) is 30.3 Å². The summed E-state index contributed by atoms with van der Waals surface area (Å²) in [6.07, 6.45) is 1.57. The van der Waals surface area contributed by atoms with Crippen LogP contribution in [0.1, 0.15) is 5.56 Å². The maximum Gasteiger partial charge on any atom is 0.268 e. The number of benzene rings is 3. The van der Waals surface area contributed by atoms with Crippen molar-refractivity contribution in [1.82, 2.24) is 3.97 Å². The molecular formula is C22H16N2O3S. The molecule has 1 heterocycles. The summed E-state index contributed by atoms with van der Waals surface area (Å²) in [6, 6.07) is 22.9. The predicted molar refractivity (Wildman–Crippen MR) is 108 cm³/mol. The van der Waals surface area contributed by atoms with Crippen LogP contribution in [0.3, 0.4) is 0 Å². The van der Waals surface area contributed by atoms with Crippen molar-refractivity contribution in [2.24, 2.45) is 0 Å². The average Bonchev–Trinajstić information content (AvgIpc) is 3.19. The van der Waals surface area contributed by atoms with E-state index in [4.69, 9.17) is 10.00 Å². The van der Waals surface area contributed by atoms with Crippen molar-refractivity contribution in [3.8, 4) is 22.9 Å². The van der Waals surface area contributed by atoms with Crippen molar-refractivity contribution in [3.63, 3.8) is 0 Å². The lowest BCUT2D eigenvalue weighted by Gasteiger charge is -2.12. The standard InChI is InChI=1S/C22H16N2O3S/c1-27-19-9-11-20(12-10-19)28(25,26)24-14-13-18-3-2-4-21(22(18)24)17-7-5-16(15-23)6-8-17/h2-14H,1H3. The van der Waals surface area contributed by atoms with E-state index in [0.29, 0.717) is 16.8 Å². The smallest absolute Gasteiger partial charge is 0.268 e. The van der Waals surface area contributed by atoms with Gasteiger partial charge in [0.15, 0.2) is 0 Å². The van der Waals surface area contributed by atoms with E-state index in [2.05, 4.69) is 6.07 Å². The summed E-state index contributed by atoms with van der Waals surface area (Å²) in [5.74, 6) is 0.592. The fraction of sp³-hybridized carbons (Fsp3) is 0.0455. The molecular weight excluding hydrogens is 372 g/mol. The second kappa shape index (κ2) is 6.87. The van der Waals surface area contributed by atoms with E-state index >= 15 is 0 Å². The van der Waals surface area contributed by atoms with Gasteiger partial charge in [-0.25, -0.2) is 12.4 Å². The van der Waals surface area contributed by atoms with Crippen LogP contribution >= 0.6 is 0 Å². The molecule has 3 aromatic carbocycles. The molecule has 0 N–H and O–H groups in total. The zero-order valence-corrected chi connectivity index (χ0v) is 15.8. The number of nitrogens with zero attached hydrogens (tertiary/aromatic N) is 2. The van der Waals surface area contributed by atoms with Gasteiger partial charge in [0.1, 0.15) is 5.75 Å². The average molecular weight is 388 g/mol. The van der Waals surface area contributed by atoms with E-state index in [-0.39, 0.29) is 4.90 Å². The first-order valence-electron chi connectivity index (χ1n) is 8.55. The lowest BCUT2D eigenvalue weighted by Crippen LogP contribution is -2.12. The summed E-state index contributed by atoms with van der Waals surface area (Å²) in [6.45, 7) is 0. The summed E-state index contributed by atoms with van der Waals surface area (Å²) in [5, 5.41) is 9.83. The molecule has 0 bridgehead atoms. The van der Waals surface area contributed by atoms with E-state index < -0.39 is 10.0 Å². The number of aromatic nitrogens is 1. The second-order valence-corrected chi connectivity index (χ2v) is 8.04. The highest BCUT2D eigenvalue weighted by atomic mass is 32.2. The number of hydrogen-bond donors (Lipinski definition) is 0. The molecule has 0 saturated carbocycles. The topological polar surface area (TPSA) is 72.1 Å². The molecule has 0 aliphatic carbocycles. The molecule has 4 aromatic rings. The summed E-state index contributed by atoms with van der Waals surface area (Å²) in [4.78, 5) is 0.181. The van der Waals surface area contributed by atoms with Crippen LogP contribution in [0.2, 0.25) is 0 Å². The molecule has 0 fully saturated rings. The maximum absolute atomic E-state index is 13.3. The Hall–Kier alpha value is -3.56. The van der Waals surface area contributed by atoms with E-state index in [1.165, 1.54) is 23.2 Å². The third-order valence-electron chi connectivity index (χ3n) is 4.62.